The summed E-state index contributed by atoms with van der Waals surface area (Å²) < 4.78 is 26.4. The molecule has 0 saturated heterocycles. The van der Waals surface area contributed by atoms with Gasteiger partial charge in [0.1, 0.15) is 10.9 Å². The van der Waals surface area contributed by atoms with Crippen LogP contribution in [0.3, 0.4) is 0 Å². The number of anilines is 1. The third-order valence-electron chi connectivity index (χ3n) is 2.46. The van der Waals surface area contributed by atoms with E-state index in [-0.39, 0.29) is 23.5 Å². The molecule has 6 nitrogen and oxygen atoms in total. The van der Waals surface area contributed by atoms with Crippen LogP contribution in [-0.4, -0.2) is 32.1 Å². The number of terminal acetylenes is 1. The first kappa shape index (κ1) is 16.0. The predicted molar refractivity (Wildman–Crippen MR) is 75.8 cm³/mol. The van der Waals surface area contributed by atoms with Gasteiger partial charge in [-0.2, -0.15) is 0 Å². The fourth-order valence-electron chi connectivity index (χ4n) is 1.59. The lowest BCUT2D eigenvalue weighted by Crippen LogP contribution is -2.30. The summed E-state index contributed by atoms with van der Waals surface area (Å²) in [7, 11) is -3.68. The highest BCUT2D eigenvalue weighted by molar-refractivity contribution is 7.89. The van der Waals surface area contributed by atoms with Gasteiger partial charge in [-0.3, -0.25) is 0 Å². The fraction of sp³-hybridized carbons (Fsp3) is 0.308. The van der Waals surface area contributed by atoms with Crippen LogP contribution in [0, 0.1) is 12.3 Å². The Bertz CT molecular complexity index is 620. The molecule has 0 aliphatic rings. The second-order valence-electron chi connectivity index (χ2n) is 3.94. The second kappa shape index (κ2) is 6.93. The molecule has 0 heterocycles. The Labute approximate surface area is 118 Å². The highest BCUT2D eigenvalue weighted by atomic mass is 32.2. The van der Waals surface area contributed by atoms with E-state index in [0.717, 1.165) is 0 Å². The van der Waals surface area contributed by atoms with Crippen molar-refractivity contribution in [3.63, 3.8) is 0 Å². The third-order valence-corrected chi connectivity index (χ3v) is 4.06. The Balaban J connectivity index is 3.14. The van der Waals surface area contributed by atoms with E-state index in [1.807, 2.05) is 0 Å². The molecule has 0 bridgehead atoms. The lowest BCUT2D eigenvalue weighted by Gasteiger charge is -2.16. The molecule has 1 rings (SSSR count). The van der Waals surface area contributed by atoms with Gasteiger partial charge in [-0.1, -0.05) is 19.1 Å². The molecule has 0 amide bonds. The summed E-state index contributed by atoms with van der Waals surface area (Å²) in [5.74, 6) is 1.10. The number of aliphatic carboxylic acids is 1. The van der Waals surface area contributed by atoms with Crippen molar-refractivity contribution in [3.05, 3.63) is 24.3 Å². The summed E-state index contributed by atoms with van der Waals surface area (Å²) in [5, 5.41) is 11.7. The highest BCUT2D eigenvalue weighted by Crippen LogP contribution is 2.21. The molecule has 0 aromatic heterocycles. The van der Waals surface area contributed by atoms with E-state index in [4.69, 9.17) is 11.5 Å². The van der Waals surface area contributed by atoms with E-state index in [2.05, 4.69) is 16.0 Å². The Morgan fingerprint density at radius 2 is 2.10 bits per heavy atom. The van der Waals surface area contributed by atoms with Gasteiger partial charge in [-0.25, -0.2) is 17.9 Å². The van der Waals surface area contributed by atoms with Crippen LogP contribution >= 0.6 is 0 Å². The van der Waals surface area contributed by atoms with E-state index in [9.17, 15) is 13.2 Å². The van der Waals surface area contributed by atoms with Gasteiger partial charge >= 0.3 is 5.97 Å². The lowest BCUT2D eigenvalue weighted by molar-refractivity contribution is -0.137. The maximum atomic E-state index is 12.0. The number of carboxylic acid groups (broad SMARTS) is 1. The van der Waals surface area contributed by atoms with Gasteiger partial charge in [-0.05, 0) is 12.1 Å². The number of carbonyl (C=O) groups is 1. The van der Waals surface area contributed by atoms with Crippen molar-refractivity contribution in [2.24, 2.45) is 0 Å². The summed E-state index contributed by atoms with van der Waals surface area (Å²) in [6.07, 6.45) is 5.06. The summed E-state index contributed by atoms with van der Waals surface area (Å²) >= 11 is 0. The van der Waals surface area contributed by atoms with Gasteiger partial charge in [0.05, 0.1) is 5.69 Å². The van der Waals surface area contributed by atoms with Gasteiger partial charge in [0.15, 0.2) is 0 Å². The average molecular weight is 296 g/mol. The predicted octanol–water partition coefficient (Wildman–Crippen LogP) is 0.873. The molecule has 0 radical (unpaired) electrons. The topological polar surface area (TPSA) is 95.5 Å². The van der Waals surface area contributed by atoms with Crippen molar-refractivity contribution < 1.29 is 18.3 Å². The van der Waals surface area contributed by atoms with E-state index >= 15 is 0 Å². The van der Waals surface area contributed by atoms with Gasteiger partial charge in [-0.15, -0.1) is 12.3 Å². The average Bonchev–Trinajstić information content (AvgIpc) is 2.38. The summed E-state index contributed by atoms with van der Waals surface area (Å²) in [6, 6.07) is 5.03. The van der Waals surface area contributed by atoms with Crippen LogP contribution in [0.4, 0.5) is 5.69 Å². The van der Waals surface area contributed by atoms with Crippen LogP contribution in [0.15, 0.2) is 29.2 Å². The Kier molecular flexibility index (Phi) is 5.55. The number of rotatable bonds is 7. The molecule has 1 aromatic carbocycles. The molecule has 1 unspecified atom stereocenters. The van der Waals surface area contributed by atoms with Gasteiger partial charge < -0.3 is 10.4 Å². The normalized spacial score (nSPS) is 12.4. The molecule has 0 aliphatic heterocycles. The summed E-state index contributed by atoms with van der Waals surface area (Å²) in [5.41, 5.74) is 0.205. The van der Waals surface area contributed by atoms with E-state index in [1.54, 1.807) is 19.1 Å². The molecule has 108 valence electrons. The Morgan fingerprint density at radius 3 is 2.65 bits per heavy atom. The van der Waals surface area contributed by atoms with Crippen LogP contribution in [0.25, 0.3) is 0 Å². The second-order valence-corrected chi connectivity index (χ2v) is 5.68. The molecule has 0 saturated carbocycles. The molecular formula is C13H16N2O4S. The molecule has 0 aliphatic carbocycles. The minimum atomic E-state index is -3.68. The van der Waals surface area contributed by atoms with Gasteiger partial charge in [0, 0.05) is 13.0 Å². The first-order valence-corrected chi connectivity index (χ1v) is 7.42. The zero-order valence-electron chi connectivity index (χ0n) is 11.0. The summed E-state index contributed by atoms with van der Waals surface area (Å²) in [6.45, 7) is 1.90. The minimum Gasteiger partial charge on any atom is -0.480 e. The van der Waals surface area contributed by atoms with Gasteiger partial charge in [0.25, 0.3) is 0 Å². The zero-order chi connectivity index (χ0) is 15.2. The molecule has 7 heteroatoms. The van der Waals surface area contributed by atoms with Crippen molar-refractivity contribution in [2.45, 2.75) is 24.3 Å². The van der Waals surface area contributed by atoms with Crippen molar-refractivity contribution in [2.75, 3.05) is 11.9 Å². The van der Waals surface area contributed by atoms with Crippen LogP contribution in [0.1, 0.15) is 13.3 Å². The monoisotopic (exact) mass is 296 g/mol. The lowest BCUT2D eigenvalue weighted by atomic mass is 10.2. The number of benzene rings is 1. The van der Waals surface area contributed by atoms with Crippen LogP contribution < -0.4 is 10.0 Å². The quantitative estimate of drug-likeness (QED) is 0.649. The standard InChI is InChI=1S/C13H16N2O4S/c1-3-7-11(13(16)17)15-10-8-5-6-9-12(10)20(18,19)14-4-2/h1,5-6,8-9,11,14-15H,4,7H2,2H3,(H,16,17). The smallest absolute Gasteiger partial charge is 0.327 e. The Morgan fingerprint density at radius 1 is 1.45 bits per heavy atom. The fourth-order valence-corrected chi connectivity index (χ4v) is 2.80. The van der Waals surface area contributed by atoms with Crippen molar-refractivity contribution in [1.29, 1.82) is 0 Å². The number of nitrogens with one attached hydrogen (secondary N) is 2. The molecule has 1 aromatic rings. The molecule has 3 N–H and O–H groups in total. The highest BCUT2D eigenvalue weighted by Gasteiger charge is 2.21. The van der Waals surface area contributed by atoms with Crippen molar-refractivity contribution in [1.82, 2.24) is 4.72 Å². The number of sulfonamides is 1. The van der Waals surface area contributed by atoms with E-state index in [1.165, 1.54) is 12.1 Å². The van der Waals surface area contributed by atoms with E-state index in [0.29, 0.717) is 0 Å². The molecule has 0 spiro atoms. The Hall–Kier alpha value is -2.04. The molecule has 20 heavy (non-hydrogen) atoms. The zero-order valence-corrected chi connectivity index (χ0v) is 11.8. The molecule has 0 fully saturated rings. The van der Waals surface area contributed by atoms with E-state index < -0.39 is 22.0 Å². The number of hydrogen-bond donors (Lipinski definition) is 3. The number of para-hydroxylation sites is 1. The summed E-state index contributed by atoms with van der Waals surface area (Å²) in [4.78, 5) is 11.0. The van der Waals surface area contributed by atoms with Crippen molar-refractivity contribution >= 4 is 21.7 Å². The molecular weight excluding hydrogens is 280 g/mol. The third kappa shape index (κ3) is 3.98. The van der Waals surface area contributed by atoms with Crippen molar-refractivity contribution in [3.8, 4) is 12.3 Å². The minimum absolute atomic E-state index is 0.00915. The number of carboxylic acids is 1. The maximum Gasteiger partial charge on any atom is 0.327 e. The largest absolute Gasteiger partial charge is 0.480 e. The molecule has 1 atom stereocenters. The number of hydrogen-bond acceptors (Lipinski definition) is 4. The van der Waals surface area contributed by atoms with Gasteiger partial charge in [0.2, 0.25) is 10.0 Å². The SMILES string of the molecule is C#CCC(Nc1ccccc1S(=O)(=O)NCC)C(=O)O. The maximum absolute atomic E-state index is 12.0. The van der Waals surface area contributed by atoms with Crippen LogP contribution in [-0.2, 0) is 14.8 Å². The first-order valence-electron chi connectivity index (χ1n) is 5.94. The van der Waals surface area contributed by atoms with Crippen LogP contribution in [0.5, 0.6) is 0 Å². The first-order chi connectivity index (χ1) is 9.42. The van der Waals surface area contributed by atoms with Crippen LogP contribution in [0.2, 0.25) is 0 Å².